The van der Waals surface area contributed by atoms with Gasteiger partial charge in [-0.05, 0) is 33.4 Å². The first-order chi connectivity index (χ1) is 8.42. The zero-order chi connectivity index (χ0) is 13.9. The highest BCUT2D eigenvalue weighted by atomic mass is 32.1. The fraction of sp³-hybridized carbons (Fsp3) is 0.500. The molecule has 1 aromatic heterocycles. The lowest BCUT2D eigenvalue weighted by molar-refractivity contribution is -0.117. The first kappa shape index (κ1) is 14.7. The number of ether oxygens (including phenoxy) is 1. The summed E-state index contributed by atoms with van der Waals surface area (Å²) in [5.41, 5.74) is 1.29. The van der Waals surface area contributed by atoms with Crippen LogP contribution in [0.3, 0.4) is 0 Å². The van der Waals surface area contributed by atoms with Gasteiger partial charge in [-0.15, -0.1) is 11.3 Å². The Balaban J connectivity index is 3.06. The molecule has 6 heteroatoms. The highest BCUT2D eigenvalue weighted by molar-refractivity contribution is 7.16. The number of amides is 1. The molecule has 1 heterocycles. The predicted octanol–water partition coefficient (Wildman–Crippen LogP) is 1.70. The van der Waals surface area contributed by atoms with Gasteiger partial charge in [-0.1, -0.05) is 0 Å². The number of methoxy groups -OCH3 is 1. The summed E-state index contributed by atoms with van der Waals surface area (Å²) in [5, 5.41) is 6.15. The summed E-state index contributed by atoms with van der Waals surface area (Å²) in [6.45, 7) is 5.50. The van der Waals surface area contributed by atoms with Crippen LogP contribution >= 0.6 is 11.3 Å². The number of hydrogen-bond donors (Lipinski definition) is 2. The second-order valence-electron chi connectivity index (χ2n) is 3.98. The summed E-state index contributed by atoms with van der Waals surface area (Å²) >= 11 is 1.38. The van der Waals surface area contributed by atoms with Crippen LogP contribution in [0.15, 0.2) is 0 Å². The molecule has 0 fully saturated rings. The number of likely N-dealkylation sites (N-methyl/N-ethyl adjacent to an activating group) is 1. The van der Waals surface area contributed by atoms with Crippen molar-refractivity contribution in [3.8, 4) is 0 Å². The van der Waals surface area contributed by atoms with Crippen LogP contribution in [0.5, 0.6) is 0 Å². The van der Waals surface area contributed by atoms with E-state index in [9.17, 15) is 9.59 Å². The van der Waals surface area contributed by atoms with E-state index >= 15 is 0 Å². The number of carbonyl (C=O) groups is 2. The molecule has 0 saturated heterocycles. The number of nitrogens with one attached hydrogen (secondary N) is 2. The van der Waals surface area contributed by atoms with Gasteiger partial charge in [0, 0.05) is 4.88 Å². The van der Waals surface area contributed by atoms with Gasteiger partial charge in [-0.25, -0.2) is 4.79 Å². The minimum Gasteiger partial charge on any atom is -0.465 e. The summed E-state index contributed by atoms with van der Waals surface area (Å²) in [7, 11) is 3.03. The first-order valence-corrected chi connectivity index (χ1v) is 6.40. The quantitative estimate of drug-likeness (QED) is 0.817. The number of carbonyl (C=O) groups excluding carboxylic acids is 2. The molecule has 1 aromatic rings. The molecule has 0 saturated carbocycles. The molecule has 0 aliphatic rings. The van der Waals surface area contributed by atoms with Crippen LogP contribution in [0.1, 0.15) is 27.7 Å². The molecule has 18 heavy (non-hydrogen) atoms. The topological polar surface area (TPSA) is 67.4 Å². The Morgan fingerprint density at radius 3 is 2.44 bits per heavy atom. The Bertz CT molecular complexity index is 468. The summed E-state index contributed by atoms with van der Waals surface area (Å²) in [6, 6.07) is -0.321. The van der Waals surface area contributed by atoms with Gasteiger partial charge in [-0.2, -0.15) is 0 Å². The molecule has 0 aliphatic carbocycles. The summed E-state index contributed by atoms with van der Waals surface area (Å²) in [5.74, 6) is -0.604. The Hall–Kier alpha value is -1.40. The van der Waals surface area contributed by atoms with Crippen LogP contribution in [-0.2, 0) is 9.53 Å². The third-order valence-electron chi connectivity index (χ3n) is 2.84. The number of anilines is 1. The average molecular weight is 270 g/mol. The van der Waals surface area contributed by atoms with Gasteiger partial charge in [-0.3, -0.25) is 4.79 Å². The molecule has 1 atom stereocenters. The summed E-state index contributed by atoms with van der Waals surface area (Å²) in [4.78, 5) is 24.5. The van der Waals surface area contributed by atoms with Gasteiger partial charge in [0.25, 0.3) is 0 Å². The lowest BCUT2D eigenvalue weighted by atomic mass is 10.1. The van der Waals surface area contributed by atoms with Crippen molar-refractivity contribution >= 4 is 28.2 Å². The van der Waals surface area contributed by atoms with Gasteiger partial charge in [0.1, 0.15) is 5.00 Å². The molecule has 1 unspecified atom stereocenters. The van der Waals surface area contributed by atoms with Gasteiger partial charge in [0.2, 0.25) is 5.91 Å². The van der Waals surface area contributed by atoms with Gasteiger partial charge in [0.05, 0.1) is 18.7 Å². The molecule has 0 bridgehead atoms. The van der Waals surface area contributed by atoms with E-state index in [4.69, 9.17) is 4.74 Å². The molecule has 0 aliphatic heterocycles. The second kappa shape index (κ2) is 5.97. The maximum absolute atomic E-state index is 11.8. The molecule has 5 nitrogen and oxygen atoms in total. The third kappa shape index (κ3) is 2.88. The zero-order valence-electron chi connectivity index (χ0n) is 11.2. The van der Waals surface area contributed by atoms with E-state index in [2.05, 4.69) is 10.6 Å². The van der Waals surface area contributed by atoms with Crippen molar-refractivity contribution in [2.45, 2.75) is 26.8 Å². The average Bonchev–Trinajstić information content (AvgIpc) is 2.63. The summed E-state index contributed by atoms with van der Waals surface area (Å²) in [6.07, 6.45) is 0. The van der Waals surface area contributed by atoms with E-state index in [1.807, 2.05) is 13.8 Å². The van der Waals surface area contributed by atoms with Crippen LogP contribution in [-0.4, -0.2) is 32.1 Å². The number of rotatable bonds is 4. The minimum absolute atomic E-state index is 0.177. The lowest BCUT2D eigenvalue weighted by Gasteiger charge is -2.10. The van der Waals surface area contributed by atoms with Crippen molar-refractivity contribution in [1.82, 2.24) is 5.32 Å². The molecule has 0 spiro atoms. The van der Waals surface area contributed by atoms with Crippen molar-refractivity contribution in [1.29, 1.82) is 0 Å². The van der Waals surface area contributed by atoms with E-state index in [1.54, 1.807) is 14.0 Å². The molecular formula is C12H18N2O3S. The zero-order valence-corrected chi connectivity index (χ0v) is 12.0. The third-order valence-corrected chi connectivity index (χ3v) is 3.96. The van der Waals surface area contributed by atoms with Crippen LogP contribution in [0, 0.1) is 13.8 Å². The maximum Gasteiger partial charge on any atom is 0.341 e. The van der Waals surface area contributed by atoms with Crippen LogP contribution in [0.25, 0.3) is 0 Å². The monoisotopic (exact) mass is 270 g/mol. The highest BCUT2D eigenvalue weighted by Crippen LogP contribution is 2.32. The number of hydrogen-bond acceptors (Lipinski definition) is 5. The van der Waals surface area contributed by atoms with Crippen molar-refractivity contribution < 1.29 is 14.3 Å². The fourth-order valence-corrected chi connectivity index (χ4v) is 2.47. The van der Waals surface area contributed by atoms with Crippen LogP contribution < -0.4 is 10.6 Å². The van der Waals surface area contributed by atoms with Crippen molar-refractivity contribution in [2.75, 3.05) is 19.5 Å². The molecule has 0 aromatic carbocycles. The predicted molar refractivity (Wildman–Crippen MR) is 72.3 cm³/mol. The Morgan fingerprint density at radius 1 is 1.33 bits per heavy atom. The van der Waals surface area contributed by atoms with Crippen molar-refractivity contribution in [2.24, 2.45) is 0 Å². The standard InChI is InChI=1S/C12H18N2O3S/c1-6-8(3)18-11(9(6)12(16)17-5)14-10(15)7(2)13-4/h7,13H,1-5H3,(H,14,15). The van der Waals surface area contributed by atoms with Crippen molar-refractivity contribution in [3.63, 3.8) is 0 Å². The van der Waals surface area contributed by atoms with Gasteiger partial charge >= 0.3 is 5.97 Å². The molecule has 0 radical (unpaired) electrons. The fourth-order valence-electron chi connectivity index (χ4n) is 1.41. The largest absolute Gasteiger partial charge is 0.465 e. The first-order valence-electron chi connectivity index (χ1n) is 5.58. The summed E-state index contributed by atoms with van der Waals surface area (Å²) < 4.78 is 4.74. The molecule has 1 amide bonds. The molecular weight excluding hydrogens is 252 g/mol. The minimum atomic E-state index is -0.427. The normalized spacial score (nSPS) is 12.1. The Labute approximate surface area is 111 Å². The molecule has 1 rings (SSSR count). The van der Waals surface area contributed by atoms with Gasteiger partial charge < -0.3 is 15.4 Å². The number of aryl methyl sites for hydroxylation is 1. The number of thiophene rings is 1. The Kier molecular flexibility index (Phi) is 4.86. The SMILES string of the molecule is CNC(C)C(=O)Nc1sc(C)c(C)c1C(=O)OC. The molecule has 2 N–H and O–H groups in total. The van der Waals surface area contributed by atoms with E-state index < -0.39 is 5.97 Å². The smallest absolute Gasteiger partial charge is 0.341 e. The van der Waals surface area contributed by atoms with E-state index in [0.717, 1.165) is 10.4 Å². The van der Waals surface area contributed by atoms with E-state index in [-0.39, 0.29) is 11.9 Å². The van der Waals surface area contributed by atoms with E-state index in [0.29, 0.717) is 10.6 Å². The second-order valence-corrected chi connectivity index (χ2v) is 5.20. The lowest BCUT2D eigenvalue weighted by Crippen LogP contribution is -2.35. The van der Waals surface area contributed by atoms with E-state index in [1.165, 1.54) is 18.4 Å². The van der Waals surface area contributed by atoms with Gasteiger partial charge in [0.15, 0.2) is 0 Å². The van der Waals surface area contributed by atoms with Crippen LogP contribution in [0.2, 0.25) is 0 Å². The van der Waals surface area contributed by atoms with Crippen LogP contribution in [0.4, 0.5) is 5.00 Å². The Morgan fingerprint density at radius 2 is 1.94 bits per heavy atom. The van der Waals surface area contributed by atoms with Crippen molar-refractivity contribution in [3.05, 3.63) is 16.0 Å². The number of esters is 1. The highest BCUT2D eigenvalue weighted by Gasteiger charge is 2.22. The molecule has 100 valence electrons. The maximum atomic E-state index is 11.8.